The average Bonchev–Trinajstić information content (AvgIpc) is 2.67. The van der Waals surface area contributed by atoms with Crippen LogP contribution in [0.3, 0.4) is 0 Å². The van der Waals surface area contributed by atoms with E-state index in [0.717, 1.165) is 11.1 Å². The average molecular weight is 419 g/mol. The molecule has 0 aliphatic carbocycles. The highest BCUT2D eigenvalue weighted by Crippen LogP contribution is 2.27. The van der Waals surface area contributed by atoms with E-state index < -0.39 is 24.4 Å². The molecule has 0 atom stereocenters. The van der Waals surface area contributed by atoms with E-state index >= 15 is 0 Å². The molecule has 154 valence electrons. The summed E-state index contributed by atoms with van der Waals surface area (Å²) in [5.74, 6) is -1.04. The first-order chi connectivity index (χ1) is 13.8. The zero-order chi connectivity index (χ0) is 21.4. The maximum absolute atomic E-state index is 12.0. The summed E-state index contributed by atoms with van der Waals surface area (Å²) in [6, 6.07) is 10.4. The highest BCUT2D eigenvalue weighted by atomic mass is 35.5. The van der Waals surface area contributed by atoms with Gasteiger partial charge in [0.1, 0.15) is 5.75 Å². The van der Waals surface area contributed by atoms with Crippen LogP contribution in [0.15, 0.2) is 36.4 Å². The van der Waals surface area contributed by atoms with Gasteiger partial charge in [0.05, 0.1) is 19.2 Å². The van der Waals surface area contributed by atoms with Gasteiger partial charge in [-0.2, -0.15) is 0 Å². The quantitative estimate of drug-likeness (QED) is 0.635. The molecule has 0 heterocycles. The molecule has 0 aromatic heterocycles. The fourth-order valence-electron chi connectivity index (χ4n) is 2.56. The van der Waals surface area contributed by atoms with E-state index in [2.05, 4.69) is 10.6 Å². The van der Waals surface area contributed by atoms with Crippen LogP contribution in [-0.4, -0.2) is 31.5 Å². The molecule has 2 rings (SSSR count). The number of halogens is 1. The lowest BCUT2D eigenvalue weighted by atomic mass is 10.1. The third-order valence-electron chi connectivity index (χ3n) is 4.01. The summed E-state index contributed by atoms with van der Waals surface area (Å²) in [7, 11) is 1.47. The standard InChI is InChI=1S/C21H23ClN2O5/c1-13-4-6-16(14(2)10-13)23-20(26)12-29-21(27)9-8-19(25)24-17-11-15(22)5-7-18(17)28-3/h4-7,10-11H,8-9,12H2,1-3H3,(H,23,26)(H,24,25). The predicted octanol–water partition coefficient (Wildman–Crippen LogP) is 3.87. The minimum atomic E-state index is -0.644. The first-order valence-electron chi connectivity index (χ1n) is 8.94. The molecule has 0 unspecified atom stereocenters. The van der Waals surface area contributed by atoms with Gasteiger partial charge in [0.2, 0.25) is 5.91 Å². The maximum atomic E-state index is 12.0. The number of aryl methyl sites for hydroxylation is 2. The van der Waals surface area contributed by atoms with Gasteiger partial charge in [-0.3, -0.25) is 14.4 Å². The van der Waals surface area contributed by atoms with Crippen molar-refractivity contribution >= 4 is 40.8 Å². The maximum Gasteiger partial charge on any atom is 0.306 e. The summed E-state index contributed by atoms with van der Waals surface area (Å²) in [6.45, 7) is 3.41. The number of carbonyl (C=O) groups is 3. The molecule has 0 aliphatic heterocycles. The summed E-state index contributed by atoms with van der Waals surface area (Å²) < 4.78 is 10.1. The Bertz CT molecular complexity index is 914. The zero-order valence-corrected chi connectivity index (χ0v) is 17.3. The monoisotopic (exact) mass is 418 g/mol. The van der Waals surface area contributed by atoms with Crippen molar-refractivity contribution in [3.05, 3.63) is 52.5 Å². The Morgan fingerprint density at radius 2 is 1.66 bits per heavy atom. The number of methoxy groups -OCH3 is 1. The summed E-state index contributed by atoms with van der Waals surface area (Å²) in [6.07, 6.45) is -0.265. The van der Waals surface area contributed by atoms with E-state index in [4.69, 9.17) is 21.1 Å². The number of nitrogens with one attached hydrogen (secondary N) is 2. The van der Waals surface area contributed by atoms with Crippen molar-refractivity contribution in [2.75, 3.05) is 24.4 Å². The lowest BCUT2D eigenvalue weighted by Gasteiger charge is -2.11. The number of hydrogen-bond acceptors (Lipinski definition) is 5. The minimum Gasteiger partial charge on any atom is -0.495 e. The summed E-state index contributed by atoms with van der Waals surface area (Å²) in [4.78, 5) is 35.8. The first-order valence-corrected chi connectivity index (χ1v) is 9.32. The number of amides is 2. The van der Waals surface area contributed by atoms with Crippen molar-refractivity contribution in [1.29, 1.82) is 0 Å². The minimum absolute atomic E-state index is 0.104. The summed E-state index contributed by atoms with van der Waals surface area (Å²) in [5.41, 5.74) is 3.07. The lowest BCUT2D eigenvalue weighted by molar-refractivity contribution is -0.147. The van der Waals surface area contributed by atoms with Gasteiger partial charge in [0.15, 0.2) is 6.61 Å². The van der Waals surface area contributed by atoms with Crippen LogP contribution >= 0.6 is 11.6 Å². The summed E-state index contributed by atoms with van der Waals surface area (Å²) >= 11 is 5.91. The summed E-state index contributed by atoms with van der Waals surface area (Å²) in [5, 5.41) is 5.76. The van der Waals surface area contributed by atoms with E-state index in [-0.39, 0.29) is 12.8 Å². The van der Waals surface area contributed by atoms with Gasteiger partial charge in [-0.05, 0) is 43.7 Å². The molecule has 0 fully saturated rings. The SMILES string of the molecule is COc1ccc(Cl)cc1NC(=O)CCC(=O)OCC(=O)Nc1ccc(C)cc1C. The van der Waals surface area contributed by atoms with Gasteiger partial charge in [0, 0.05) is 17.1 Å². The number of ether oxygens (including phenoxy) is 2. The molecular formula is C21H23ClN2O5. The largest absolute Gasteiger partial charge is 0.495 e. The Hall–Kier alpha value is -3.06. The Labute approximate surface area is 174 Å². The molecule has 0 saturated heterocycles. The van der Waals surface area contributed by atoms with Crippen LogP contribution < -0.4 is 15.4 Å². The third-order valence-corrected chi connectivity index (χ3v) is 4.25. The van der Waals surface area contributed by atoms with Gasteiger partial charge in [-0.1, -0.05) is 29.3 Å². The van der Waals surface area contributed by atoms with Crippen LogP contribution in [0.25, 0.3) is 0 Å². The number of anilines is 2. The molecule has 0 radical (unpaired) electrons. The highest BCUT2D eigenvalue weighted by Gasteiger charge is 2.13. The molecule has 7 nitrogen and oxygen atoms in total. The van der Waals surface area contributed by atoms with Gasteiger partial charge in [-0.15, -0.1) is 0 Å². The van der Waals surface area contributed by atoms with Gasteiger partial charge < -0.3 is 20.1 Å². The Morgan fingerprint density at radius 3 is 2.34 bits per heavy atom. The van der Waals surface area contributed by atoms with E-state index in [0.29, 0.717) is 22.1 Å². The van der Waals surface area contributed by atoms with E-state index in [1.807, 2.05) is 26.0 Å². The number of carbonyl (C=O) groups excluding carboxylic acids is 3. The number of hydrogen-bond donors (Lipinski definition) is 2. The molecule has 2 amide bonds. The van der Waals surface area contributed by atoms with Crippen LogP contribution in [-0.2, 0) is 19.1 Å². The van der Waals surface area contributed by atoms with Crippen molar-refractivity contribution in [2.24, 2.45) is 0 Å². The van der Waals surface area contributed by atoms with E-state index in [9.17, 15) is 14.4 Å². The molecular weight excluding hydrogens is 396 g/mol. The van der Waals surface area contributed by atoms with Crippen LogP contribution in [0.4, 0.5) is 11.4 Å². The van der Waals surface area contributed by atoms with Crippen LogP contribution in [0.1, 0.15) is 24.0 Å². The molecule has 0 bridgehead atoms. The van der Waals surface area contributed by atoms with Crippen LogP contribution in [0.2, 0.25) is 5.02 Å². The fourth-order valence-corrected chi connectivity index (χ4v) is 2.74. The first kappa shape index (κ1) is 22.2. The molecule has 0 spiro atoms. The zero-order valence-electron chi connectivity index (χ0n) is 16.5. The lowest BCUT2D eigenvalue weighted by Crippen LogP contribution is -2.22. The number of esters is 1. The second kappa shape index (κ2) is 10.5. The van der Waals surface area contributed by atoms with Gasteiger partial charge in [-0.25, -0.2) is 0 Å². The van der Waals surface area contributed by atoms with E-state index in [1.54, 1.807) is 24.3 Å². The van der Waals surface area contributed by atoms with Crippen LogP contribution in [0.5, 0.6) is 5.75 Å². The molecule has 8 heteroatoms. The Kier molecular flexibility index (Phi) is 8.03. The molecule has 29 heavy (non-hydrogen) atoms. The molecule has 2 aromatic carbocycles. The molecule has 2 aromatic rings. The van der Waals surface area contributed by atoms with E-state index in [1.165, 1.54) is 7.11 Å². The Morgan fingerprint density at radius 1 is 0.931 bits per heavy atom. The second-order valence-electron chi connectivity index (χ2n) is 6.42. The molecule has 0 saturated carbocycles. The fraction of sp³-hybridized carbons (Fsp3) is 0.286. The molecule has 2 N–H and O–H groups in total. The second-order valence-corrected chi connectivity index (χ2v) is 6.86. The number of benzene rings is 2. The van der Waals surface area contributed by atoms with Crippen molar-refractivity contribution in [3.63, 3.8) is 0 Å². The topological polar surface area (TPSA) is 93.7 Å². The van der Waals surface area contributed by atoms with Crippen molar-refractivity contribution < 1.29 is 23.9 Å². The smallest absolute Gasteiger partial charge is 0.306 e. The van der Waals surface area contributed by atoms with Crippen molar-refractivity contribution in [1.82, 2.24) is 0 Å². The Balaban J connectivity index is 1.76. The third kappa shape index (κ3) is 7.12. The number of rotatable bonds is 8. The van der Waals surface area contributed by atoms with Gasteiger partial charge in [0.25, 0.3) is 5.91 Å². The highest BCUT2D eigenvalue weighted by molar-refractivity contribution is 6.31. The molecule has 0 aliphatic rings. The normalized spacial score (nSPS) is 10.2. The van der Waals surface area contributed by atoms with Crippen molar-refractivity contribution in [2.45, 2.75) is 26.7 Å². The van der Waals surface area contributed by atoms with Crippen molar-refractivity contribution in [3.8, 4) is 5.75 Å². The van der Waals surface area contributed by atoms with Crippen LogP contribution in [0, 0.1) is 13.8 Å². The predicted molar refractivity (Wildman–Crippen MR) is 111 cm³/mol. The van der Waals surface area contributed by atoms with Gasteiger partial charge >= 0.3 is 5.97 Å².